The van der Waals surface area contributed by atoms with E-state index >= 15 is 0 Å². The first-order valence-electron chi connectivity index (χ1n) is 5.06. The normalized spacial score (nSPS) is 11.6. The molecule has 1 unspecified atom stereocenters. The van der Waals surface area contributed by atoms with E-state index in [1.807, 2.05) is 0 Å². The number of hydrazine groups is 1. The van der Waals surface area contributed by atoms with Crippen molar-refractivity contribution in [2.24, 2.45) is 0 Å². The number of hydrogen-bond donors (Lipinski definition) is 2. The van der Waals surface area contributed by atoms with Crippen LogP contribution < -0.4 is 10.9 Å². The Hall–Kier alpha value is -1.59. The van der Waals surface area contributed by atoms with E-state index in [9.17, 15) is 9.59 Å². The predicted octanol–water partition coefficient (Wildman–Crippen LogP) is 1.83. The van der Waals surface area contributed by atoms with E-state index in [1.165, 1.54) is 0 Å². The van der Waals surface area contributed by atoms with Crippen LogP contribution >= 0.6 is 11.6 Å². The molecule has 0 heterocycles. The Bertz CT molecular complexity index is 381. The van der Waals surface area contributed by atoms with Crippen molar-refractivity contribution in [2.45, 2.75) is 13.0 Å². The summed E-state index contributed by atoms with van der Waals surface area (Å²) in [5, 5.41) is 0.580. The van der Waals surface area contributed by atoms with E-state index in [-0.39, 0.29) is 6.61 Å². The lowest BCUT2D eigenvalue weighted by Crippen LogP contribution is -2.40. The summed E-state index contributed by atoms with van der Waals surface area (Å²) >= 11 is 5.73. The number of benzene rings is 1. The zero-order chi connectivity index (χ0) is 12.7. The third kappa shape index (κ3) is 4.42. The van der Waals surface area contributed by atoms with Crippen LogP contribution in [0, 0.1) is 0 Å². The molecule has 6 heteroatoms. The second kappa shape index (κ2) is 6.88. The number of carbonyl (C=O) groups excluding carboxylic acids is 2. The Morgan fingerprint density at radius 1 is 1.47 bits per heavy atom. The van der Waals surface area contributed by atoms with Gasteiger partial charge in [0.25, 0.3) is 0 Å². The summed E-state index contributed by atoms with van der Waals surface area (Å²) in [6.07, 6.45) is 0.0449. The topological polar surface area (TPSA) is 67.4 Å². The molecule has 2 N–H and O–H groups in total. The third-order valence-corrected chi connectivity index (χ3v) is 2.22. The van der Waals surface area contributed by atoms with Crippen LogP contribution in [0.15, 0.2) is 24.3 Å². The molecule has 0 aliphatic heterocycles. The van der Waals surface area contributed by atoms with Gasteiger partial charge in [0.2, 0.25) is 0 Å². The molecule has 0 bridgehead atoms. The predicted molar refractivity (Wildman–Crippen MR) is 63.6 cm³/mol. The fourth-order valence-electron chi connectivity index (χ4n) is 1.17. The monoisotopic (exact) mass is 256 g/mol. The van der Waals surface area contributed by atoms with Crippen LogP contribution in [-0.2, 0) is 9.53 Å². The molecule has 1 atom stereocenters. The van der Waals surface area contributed by atoms with Gasteiger partial charge in [-0.25, -0.2) is 10.2 Å². The molecule has 1 aromatic rings. The summed E-state index contributed by atoms with van der Waals surface area (Å²) < 4.78 is 4.64. The van der Waals surface area contributed by atoms with Crippen LogP contribution in [0.3, 0.4) is 0 Å². The number of carbonyl (C=O) groups is 2. The molecule has 0 aliphatic carbocycles. The molecule has 0 spiro atoms. The van der Waals surface area contributed by atoms with Crippen molar-refractivity contribution in [1.29, 1.82) is 0 Å². The largest absolute Gasteiger partial charge is 0.449 e. The van der Waals surface area contributed by atoms with Gasteiger partial charge in [0.1, 0.15) is 12.3 Å². The summed E-state index contributed by atoms with van der Waals surface area (Å²) in [6.45, 7) is 1.95. The molecule has 1 rings (SSSR count). The lowest BCUT2D eigenvalue weighted by molar-refractivity contribution is -0.109. The number of nitrogens with one attached hydrogen (secondary N) is 2. The van der Waals surface area contributed by atoms with Crippen LogP contribution in [0.25, 0.3) is 0 Å². The summed E-state index contributed by atoms with van der Waals surface area (Å²) in [5.41, 5.74) is 5.52. The van der Waals surface area contributed by atoms with Gasteiger partial charge in [0.15, 0.2) is 0 Å². The van der Waals surface area contributed by atoms with Crippen molar-refractivity contribution in [1.82, 2.24) is 10.9 Å². The van der Waals surface area contributed by atoms with Crippen molar-refractivity contribution in [3.8, 4) is 0 Å². The second-order valence-corrected chi connectivity index (χ2v) is 3.59. The molecular weight excluding hydrogens is 244 g/mol. The maximum absolute atomic E-state index is 11.0. The number of hydrogen-bond acceptors (Lipinski definition) is 4. The minimum absolute atomic E-state index is 0.264. The Labute approximate surface area is 104 Å². The highest BCUT2D eigenvalue weighted by molar-refractivity contribution is 6.30. The molecule has 0 fully saturated rings. The van der Waals surface area contributed by atoms with Crippen LogP contribution in [0.5, 0.6) is 0 Å². The lowest BCUT2D eigenvalue weighted by Gasteiger charge is -2.13. The van der Waals surface area contributed by atoms with Gasteiger partial charge in [0, 0.05) is 5.02 Å². The van der Waals surface area contributed by atoms with Crippen molar-refractivity contribution >= 4 is 24.0 Å². The fourth-order valence-corrected chi connectivity index (χ4v) is 1.30. The first kappa shape index (κ1) is 13.5. The summed E-state index contributed by atoms with van der Waals surface area (Å²) in [5.74, 6) is 0. The molecule has 92 valence electrons. The second-order valence-electron chi connectivity index (χ2n) is 3.16. The first-order valence-corrected chi connectivity index (χ1v) is 5.44. The lowest BCUT2D eigenvalue weighted by atomic mass is 10.1. The Morgan fingerprint density at radius 2 is 2.12 bits per heavy atom. The minimum atomic E-state index is -0.642. The van der Waals surface area contributed by atoms with Gasteiger partial charge in [-0.1, -0.05) is 23.7 Å². The SMILES string of the molecule is CCOC(=O)NNC(C=O)c1ccc(Cl)cc1. The van der Waals surface area contributed by atoms with E-state index in [0.29, 0.717) is 16.9 Å². The van der Waals surface area contributed by atoms with Crippen molar-refractivity contribution in [2.75, 3.05) is 6.61 Å². The van der Waals surface area contributed by atoms with Crippen LogP contribution in [0.4, 0.5) is 4.79 Å². The molecule has 0 aromatic heterocycles. The number of amides is 1. The average molecular weight is 257 g/mol. The molecule has 17 heavy (non-hydrogen) atoms. The maximum atomic E-state index is 11.0. The molecule has 5 nitrogen and oxygen atoms in total. The van der Waals surface area contributed by atoms with E-state index < -0.39 is 12.1 Å². The van der Waals surface area contributed by atoms with Gasteiger partial charge >= 0.3 is 6.09 Å². The van der Waals surface area contributed by atoms with Crippen molar-refractivity contribution in [3.05, 3.63) is 34.9 Å². The number of halogens is 1. The smallest absolute Gasteiger partial charge is 0.421 e. The zero-order valence-electron chi connectivity index (χ0n) is 9.27. The Kier molecular flexibility index (Phi) is 5.45. The number of ether oxygens (including phenoxy) is 1. The zero-order valence-corrected chi connectivity index (χ0v) is 10.0. The molecular formula is C11H13ClN2O3. The molecule has 0 radical (unpaired) electrons. The van der Waals surface area contributed by atoms with Crippen LogP contribution in [0.2, 0.25) is 5.02 Å². The summed E-state index contributed by atoms with van der Waals surface area (Å²) in [4.78, 5) is 21.9. The van der Waals surface area contributed by atoms with Crippen molar-refractivity contribution < 1.29 is 14.3 Å². The van der Waals surface area contributed by atoms with E-state index in [4.69, 9.17) is 11.6 Å². The first-order chi connectivity index (χ1) is 8.17. The third-order valence-electron chi connectivity index (χ3n) is 1.97. The van der Waals surface area contributed by atoms with Gasteiger partial charge in [-0.2, -0.15) is 0 Å². The summed E-state index contributed by atoms with van der Waals surface area (Å²) in [7, 11) is 0. The van der Waals surface area contributed by atoms with E-state index in [1.54, 1.807) is 31.2 Å². The van der Waals surface area contributed by atoms with Crippen molar-refractivity contribution in [3.63, 3.8) is 0 Å². The standard InChI is InChI=1S/C11H13ClN2O3/c1-2-17-11(16)14-13-10(7-15)8-3-5-9(12)6-4-8/h3-7,10,13H,2H2,1H3,(H,14,16). The van der Waals surface area contributed by atoms with Gasteiger partial charge in [-0.3, -0.25) is 5.43 Å². The van der Waals surface area contributed by atoms with E-state index in [0.717, 1.165) is 0 Å². The van der Waals surface area contributed by atoms with Gasteiger partial charge in [0.05, 0.1) is 6.61 Å². The highest BCUT2D eigenvalue weighted by Gasteiger charge is 2.11. The van der Waals surface area contributed by atoms with Crippen LogP contribution in [-0.4, -0.2) is 19.0 Å². The highest BCUT2D eigenvalue weighted by Crippen LogP contribution is 2.14. The minimum Gasteiger partial charge on any atom is -0.449 e. The van der Waals surface area contributed by atoms with Gasteiger partial charge in [-0.05, 0) is 24.6 Å². The summed E-state index contributed by atoms with van der Waals surface area (Å²) in [6, 6.07) is 6.08. The Balaban J connectivity index is 2.57. The maximum Gasteiger partial charge on any atom is 0.421 e. The Morgan fingerprint density at radius 3 is 2.65 bits per heavy atom. The molecule has 0 aliphatic rings. The fraction of sp³-hybridized carbons (Fsp3) is 0.273. The number of aldehydes is 1. The van der Waals surface area contributed by atoms with Gasteiger partial charge < -0.3 is 9.53 Å². The van der Waals surface area contributed by atoms with Crippen LogP contribution in [0.1, 0.15) is 18.5 Å². The highest BCUT2D eigenvalue weighted by atomic mass is 35.5. The quantitative estimate of drug-likeness (QED) is 0.623. The number of rotatable bonds is 5. The average Bonchev–Trinajstić information content (AvgIpc) is 2.32. The molecule has 0 saturated carbocycles. The molecule has 0 saturated heterocycles. The molecule has 1 amide bonds. The van der Waals surface area contributed by atoms with E-state index in [2.05, 4.69) is 15.6 Å². The molecule has 1 aromatic carbocycles. The van der Waals surface area contributed by atoms with Gasteiger partial charge in [-0.15, -0.1) is 0 Å².